The SMILES string of the molecule is CCCC(=O)n1nc(C(F)(F)F)cc1OC1CCN(c2ccc(C(F)(F)F)cn2)CC1. The highest BCUT2D eigenvalue weighted by Gasteiger charge is 2.37. The lowest BCUT2D eigenvalue weighted by Crippen LogP contribution is -2.39. The predicted octanol–water partition coefficient (Wildman–Crippen LogP) is 4.80. The Morgan fingerprint density at radius 3 is 2.32 bits per heavy atom. The molecule has 0 N–H and O–H groups in total. The van der Waals surface area contributed by atoms with Gasteiger partial charge in [-0.1, -0.05) is 6.92 Å². The first kappa shape index (κ1) is 22.9. The van der Waals surface area contributed by atoms with Gasteiger partial charge in [0.2, 0.25) is 11.8 Å². The number of aromatic nitrogens is 3. The van der Waals surface area contributed by atoms with E-state index in [0.717, 1.165) is 12.3 Å². The Balaban J connectivity index is 1.66. The number of hydrogen-bond donors (Lipinski definition) is 0. The Bertz CT molecular complexity index is 900. The van der Waals surface area contributed by atoms with E-state index in [0.29, 0.717) is 48.9 Å². The highest BCUT2D eigenvalue weighted by molar-refractivity contribution is 5.79. The van der Waals surface area contributed by atoms with Gasteiger partial charge in [-0.05, 0) is 18.6 Å². The minimum atomic E-state index is -4.71. The molecule has 0 atom stereocenters. The van der Waals surface area contributed by atoms with Gasteiger partial charge < -0.3 is 9.64 Å². The molecule has 0 unspecified atom stereocenters. The Kier molecular flexibility index (Phi) is 6.46. The number of hydrogen-bond acceptors (Lipinski definition) is 5. The number of ether oxygens (including phenoxy) is 1. The van der Waals surface area contributed by atoms with Crippen molar-refractivity contribution in [2.24, 2.45) is 0 Å². The molecule has 12 heteroatoms. The lowest BCUT2D eigenvalue weighted by atomic mass is 10.1. The smallest absolute Gasteiger partial charge is 0.435 e. The minimum absolute atomic E-state index is 0.0212. The number of rotatable bonds is 5. The number of anilines is 1. The number of nitrogens with zero attached hydrogens (tertiary/aromatic N) is 4. The summed E-state index contributed by atoms with van der Waals surface area (Å²) in [7, 11) is 0. The van der Waals surface area contributed by atoms with Gasteiger partial charge in [-0.3, -0.25) is 4.79 Å². The van der Waals surface area contributed by atoms with Gasteiger partial charge in [0.1, 0.15) is 11.9 Å². The van der Waals surface area contributed by atoms with Crippen molar-refractivity contribution < 1.29 is 35.9 Å². The molecule has 1 fully saturated rings. The Labute approximate surface area is 173 Å². The monoisotopic (exact) mass is 450 g/mol. The van der Waals surface area contributed by atoms with Crippen LogP contribution in [0.25, 0.3) is 0 Å². The van der Waals surface area contributed by atoms with Crippen LogP contribution in [0.15, 0.2) is 24.4 Å². The molecule has 1 aliphatic rings. The molecule has 2 aromatic heterocycles. The number of carbonyl (C=O) groups excluding carboxylic acids is 1. The lowest BCUT2D eigenvalue weighted by molar-refractivity contribution is -0.141. The van der Waals surface area contributed by atoms with E-state index in [2.05, 4.69) is 10.1 Å². The number of pyridine rings is 1. The topological polar surface area (TPSA) is 60.3 Å². The molecule has 1 saturated heterocycles. The molecule has 0 radical (unpaired) electrons. The quantitative estimate of drug-likeness (QED) is 0.613. The molecule has 0 saturated carbocycles. The first-order chi connectivity index (χ1) is 14.5. The third kappa shape index (κ3) is 5.47. The van der Waals surface area contributed by atoms with Gasteiger partial charge >= 0.3 is 12.4 Å². The van der Waals surface area contributed by atoms with Crippen molar-refractivity contribution in [1.29, 1.82) is 0 Å². The minimum Gasteiger partial charge on any atom is -0.474 e. The fourth-order valence-electron chi connectivity index (χ4n) is 3.20. The number of halogens is 6. The molecule has 1 aliphatic heterocycles. The summed E-state index contributed by atoms with van der Waals surface area (Å²) in [5, 5.41) is 3.36. The van der Waals surface area contributed by atoms with Crippen molar-refractivity contribution in [2.75, 3.05) is 18.0 Å². The van der Waals surface area contributed by atoms with Crippen molar-refractivity contribution in [3.63, 3.8) is 0 Å². The summed E-state index contributed by atoms with van der Waals surface area (Å²) < 4.78 is 83.4. The zero-order valence-corrected chi connectivity index (χ0v) is 16.5. The molecule has 0 amide bonds. The van der Waals surface area contributed by atoms with E-state index in [1.807, 2.05) is 0 Å². The summed E-state index contributed by atoms with van der Waals surface area (Å²) in [6.07, 6.45) is -7.67. The normalized spacial score (nSPS) is 15.9. The van der Waals surface area contributed by atoms with Crippen LogP contribution in [0.4, 0.5) is 32.2 Å². The highest BCUT2D eigenvalue weighted by atomic mass is 19.4. The average Bonchev–Trinajstić information content (AvgIpc) is 3.13. The van der Waals surface area contributed by atoms with Crippen molar-refractivity contribution in [3.8, 4) is 5.88 Å². The van der Waals surface area contributed by atoms with Crippen LogP contribution >= 0.6 is 0 Å². The van der Waals surface area contributed by atoms with E-state index >= 15 is 0 Å². The second kappa shape index (κ2) is 8.75. The van der Waals surface area contributed by atoms with E-state index in [9.17, 15) is 31.1 Å². The maximum absolute atomic E-state index is 13.0. The maximum atomic E-state index is 13.0. The predicted molar refractivity (Wildman–Crippen MR) is 97.9 cm³/mol. The van der Waals surface area contributed by atoms with Crippen LogP contribution in [0.5, 0.6) is 5.88 Å². The van der Waals surface area contributed by atoms with Gasteiger partial charge in [-0.15, -0.1) is 0 Å². The summed E-state index contributed by atoms with van der Waals surface area (Å²) in [5.41, 5.74) is -2.06. The largest absolute Gasteiger partial charge is 0.474 e. The van der Waals surface area contributed by atoms with Gasteiger partial charge in [0.15, 0.2) is 5.69 Å². The molecule has 31 heavy (non-hydrogen) atoms. The summed E-state index contributed by atoms with van der Waals surface area (Å²) in [6, 6.07) is 2.93. The van der Waals surface area contributed by atoms with Crippen LogP contribution < -0.4 is 9.64 Å². The standard InChI is InChI=1S/C19H20F6N4O2/c1-2-3-16(30)29-17(10-14(27-29)19(23,24)25)31-13-6-8-28(9-7-13)15-5-4-12(11-26-15)18(20,21)22/h4-5,10-11,13H,2-3,6-9H2,1H3. The Morgan fingerprint density at radius 1 is 1.13 bits per heavy atom. The molecule has 0 aliphatic carbocycles. The van der Waals surface area contributed by atoms with Crippen LogP contribution in [-0.2, 0) is 12.4 Å². The van der Waals surface area contributed by atoms with Crippen molar-refractivity contribution >= 4 is 11.7 Å². The molecular formula is C19H20F6N4O2. The number of piperidine rings is 1. The number of carbonyl (C=O) groups is 1. The third-order valence-corrected chi connectivity index (χ3v) is 4.80. The summed E-state index contributed by atoms with van der Waals surface area (Å²) in [6.45, 7) is 2.48. The van der Waals surface area contributed by atoms with Crippen molar-refractivity contribution in [2.45, 2.75) is 51.1 Å². The van der Waals surface area contributed by atoms with E-state index in [1.165, 1.54) is 6.07 Å². The summed E-state index contributed by atoms with van der Waals surface area (Å²) in [5.74, 6) is -0.495. The molecule has 0 aromatic carbocycles. The van der Waals surface area contributed by atoms with Gasteiger partial charge in [-0.25, -0.2) is 4.98 Å². The fourth-order valence-corrected chi connectivity index (χ4v) is 3.20. The molecule has 0 spiro atoms. The third-order valence-electron chi connectivity index (χ3n) is 4.80. The molecule has 3 rings (SSSR count). The average molecular weight is 450 g/mol. The van der Waals surface area contributed by atoms with Crippen LogP contribution in [0.3, 0.4) is 0 Å². The first-order valence-corrected chi connectivity index (χ1v) is 9.64. The molecule has 2 aromatic rings. The Hall–Kier alpha value is -2.79. The fraction of sp³-hybridized carbons (Fsp3) is 0.526. The number of alkyl halides is 6. The maximum Gasteiger partial charge on any atom is 0.435 e. The molecule has 3 heterocycles. The van der Waals surface area contributed by atoms with Gasteiger partial charge in [0, 0.05) is 44.6 Å². The molecule has 0 bridgehead atoms. The molecule has 6 nitrogen and oxygen atoms in total. The van der Waals surface area contributed by atoms with Crippen molar-refractivity contribution in [1.82, 2.24) is 14.8 Å². The van der Waals surface area contributed by atoms with E-state index in [1.54, 1.807) is 11.8 Å². The van der Waals surface area contributed by atoms with E-state index < -0.39 is 35.6 Å². The second-order valence-corrected chi connectivity index (χ2v) is 7.13. The molecule has 170 valence electrons. The zero-order valence-electron chi connectivity index (χ0n) is 16.5. The summed E-state index contributed by atoms with van der Waals surface area (Å²) >= 11 is 0. The summed E-state index contributed by atoms with van der Waals surface area (Å²) in [4.78, 5) is 17.8. The Morgan fingerprint density at radius 2 is 1.81 bits per heavy atom. The first-order valence-electron chi connectivity index (χ1n) is 9.64. The van der Waals surface area contributed by atoms with Crippen LogP contribution in [0.2, 0.25) is 0 Å². The molecular weight excluding hydrogens is 430 g/mol. The van der Waals surface area contributed by atoms with Crippen LogP contribution in [0.1, 0.15) is 48.7 Å². The van der Waals surface area contributed by atoms with Crippen LogP contribution in [-0.4, -0.2) is 39.9 Å². The van der Waals surface area contributed by atoms with Crippen LogP contribution in [0, 0.1) is 0 Å². The second-order valence-electron chi connectivity index (χ2n) is 7.13. The highest BCUT2D eigenvalue weighted by Crippen LogP contribution is 2.33. The van der Waals surface area contributed by atoms with Crippen molar-refractivity contribution in [3.05, 3.63) is 35.7 Å². The van der Waals surface area contributed by atoms with Gasteiger partial charge in [0.05, 0.1) is 5.56 Å². The van der Waals surface area contributed by atoms with E-state index in [-0.39, 0.29) is 12.3 Å². The van der Waals surface area contributed by atoms with Gasteiger partial charge in [0.25, 0.3) is 0 Å². The lowest BCUT2D eigenvalue weighted by Gasteiger charge is -2.32. The van der Waals surface area contributed by atoms with E-state index in [4.69, 9.17) is 4.74 Å². The van der Waals surface area contributed by atoms with Gasteiger partial charge in [-0.2, -0.15) is 36.1 Å². The zero-order chi connectivity index (χ0) is 22.8.